The summed E-state index contributed by atoms with van der Waals surface area (Å²) in [7, 11) is 0. The molecule has 0 saturated carbocycles. The van der Waals surface area contributed by atoms with Gasteiger partial charge >= 0.3 is 11.9 Å². The molecule has 0 unspecified atom stereocenters. The van der Waals surface area contributed by atoms with Crippen LogP contribution in [0.3, 0.4) is 0 Å². The molecule has 8 heteroatoms. The Morgan fingerprint density at radius 3 is 1.91 bits per heavy atom. The number of phenols is 1. The van der Waals surface area contributed by atoms with Crippen molar-refractivity contribution in [2.75, 3.05) is 6.54 Å². The van der Waals surface area contributed by atoms with Gasteiger partial charge in [0.15, 0.2) is 0 Å². The van der Waals surface area contributed by atoms with Crippen molar-refractivity contribution in [3.8, 4) is 5.75 Å². The number of nitrogens with two attached hydrogens (primary N) is 3. The molecule has 0 heterocycles. The van der Waals surface area contributed by atoms with Crippen molar-refractivity contribution in [2.45, 2.75) is 37.8 Å². The Bertz CT molecular complexity index is 479. The van der Waals surface area contributed by atoms with Gasteiger partial charge in [0.25, 0.3) is 0 Å². The average Bonchev–Trinajstić information content (AvgIpc) is 2.50. The van der Waals surface area contributed by atoms with Gasteiger partial charge in [-0.3, -0.25) is 9.59 Å². The number of hydrogen-bond acceptors (Lipinski definition) is 6. The van der Waals surface area contributed by atoms with Crippen LogP contribution in [0.1, 0.15) is 24.8 Å². The molecule has 1 rings (SSSR count). The van der Waals surface area contributed by atoms with E-state index in [1.54, 1.807) is 12.1 Å². The van der Waals surface area contributed by atoms with E-state index >= 15 is 0 Å². The van der Waals surface area contributed by atoms with Crippen LogP contribution in [0.25, 0.3) is 0 Å². The summed E-state index contributed by atoms with van der Waals surface area (Å²) in [5.74, 6) is -1.79. The first-order valence-electron chi connectivity index (χ1n) is 7.22. The standard InChI is InChI=1S/C9H11NO3.C6H14N2O2/c10-8(9(12)13)5-6-1-3-7(11)4-2-6;7-4-2-1-3-5(8)6(9)10/h1-4,8,11H,5,10H2,(H,12,13);5H,1-4,7-8H2,(H,9,10)/t8-;5-/m00/s1. The SMILES string of the molecule is NCCCC[C@H](N)C(=O)O.N[C@@H](Cc1ccc(O)cc1)C(=O)O. The molecule has 0 radical (unpaired) electrons. The smallest absolute Gasteiger partial charge is 0.320 e. The van der Waals surface area contributed by atoms with E-state index in [1.165, 1.54) is 12.1 Å². The summed E-state index contributed by atoms with van der Waals surface area (Å²) in [5.41, 5.74) is 16.5. The lowest BCUT2D eigenvalue weighted by atomic mass is 10.1. The van der Waals surface area contributed by atoms with E-state index in [0.717, 1.165) is 18.4 Å². The molecule has 0 aromatic heterocycles. The molecule has 0 spiro atoms. The lowest BCUT2D eigenvalue weighted by Crippen LogP contribution is -2.32. The minimum Gasteiger partial charge on any atom is -0.508 e. The Kier molecular flexibility index (Phi) is 10.3. The van der Waals surface area contributed by atoms with Gasteiger partial charge in [0.1, 0.15) is 17.8 Å². The number of phenolic OH excluding ortho intramolecular Hbond substituents is 1. The summed E-state index contributed by atoms with van der Waals surface area (Å²) in [6.45, 7) is 0.604. The topological polar surface area (TPSA) is 173 Å². The Balaban J connectivity index is 0.000000438. The van der Waals surface area contributed by atoms with Crippen LogP contribution >= 0.6 is 0 Å². The minimum atomic E-state index is -1.02. The highest BCUT2D eigenvalue weighted by Gasteiger charge is 2.11. The molecule has 1 aromatic rings. The second kappa shape index (κ2) is 11.4. The first kappa shape index (κ1) is 20.8. The molecule has 0 fully saturated rings. The molecular weight excluding hydrogens is 302 g/mol. The number of hydrogen-bond donors (Lipinski definition) is 6. The maximum atomic E-state index is 10.4. The number of rotatable bonds is 8. The maximum Gasteiger partial charge on any atom is 0.320 e. The van der Waals surface area contributed by atoms with Gasteiger partial charge in [0, 0.05) is 0 Å². The fourth-order valence-electron chi connectivity index (χ4n) is 1.61. The van der Waals surface area contributed by atoms with Gasteiger partial charge in [-0.05, 0) is 43.5 Å². The highest BCUT2D eigenvalue weighted by atomic mass is 16.4. The Morgan fingerprint density at radius 1 is 0.957 bits per heavy atom. The Morgan fingerprint density at radius 2 is 1.48 bits per heavy atom. The van der Waals surface area contributed by atoms with Crippen molar-refractivity contribution in [3.05, 3.63) is 29.8 Å². The third-order valence-corrected chi connectivity index (χ3v) is 3.00. The first-order valence-corrected chi connectivity index (χ1v) is 7.22. The normalized spacial score (nSPS) is 12.7. The molecular formula is C15H25N3O5. The predicted molar refractivity (Wildman–Crippen MR) is 85.9 cm³/mol. The van der Waals surface area contributed by atoms with E-state index < -0.39 is 24.0 Å². The van der Waals surface area contributed by atoms with Crippen LogP contribution in [-0.2, 0) is 16.0 Å². The minimum absolute atomic E-state index is 0.160. The maximum absolute atomic E-state index is 10.4. The zero-order valence-electron chi connectivity index (χ0n) is 12.9. The van der Waals surface area contributed by atoms with Crippen LogP contribution in [0.15, 0.2) is 24.3 Å². The summed E-state index contributed by atoms with van der Waals surface area (Å²) < 4.78 is 0. The van der Waals surface area contributed by atoms with E-state index in [4.69, 9.17) is 32.5 Å². The van der Waals surface area contributed by atoms with Gasteiger partial charge in [0.2, 0.25) is 0 Å². The Hall–Kier alpha value is -2.16. The van der Waals surface area contributed by atoms with Crippen LogP contribution in [0.2, 0.25) is 0 Å². The van der Waals surface area contributed by atoms with Crippen LogP contribution in [0, 0.1) is 0 Å². The number of aromatic hydroxyl groups is 1. The second-order valence-corrected chi connectivity index (χ2v) is 5.04. The highest BCUT2D eigenvalue weighted by Crippen LogP contribution is 2.10. The summed E-state index contributed by atoms with van der Waals surface area (Å²) in [4.78, 5) is 20.5. The molecule has 1 aromatic carbocycles. The van der Waals surface area contributed by atoms with Crippen molar-refractivity contribution in [3.63, 3.8) is 0 Å². The molecule has 0 amide bonds. The van der Waals surface area contributed by atoms with Gasteiger partial charge in [-0.2, -0.15) is 0 Å². The largest absolute Gasteiger partial charge is 0.508 e. The monoisotopic (exact) mass is 327 g/mol. The van der Waals surface area contributed by atoms with Crippen LogP contribution in [-0.4, -0.2) is 45.9 Å². The van der Waals surface area contributed by atoms with Gasteiger partial charge in [0.05, 0.1) is 0 Å². The number of benzene rings is 1. The zero-order chi connectivity index (χ0) is 17.8. The molecule has 0 aliphatic heterocycles. The van der Waals surface area contributed by atoms with E-state index in [1.807, 2.05) is 0 Å². The van der Waals surface area contributed by atoms with Gasteiger partial charge < -0.3 is 32.5 Å². The van der Waals surface area contributed by atoms with Gasteiger partial charge in [-0.25, -0.2) is 0 Å². The third-order valence-electron chi connectivity index (χ3n) is 3.00. The molecule has 8 nitrogen and oxygen atoms in total. The zero-order valence-corrected chi connectivity index (χ0v) is 12.9. The average molecular weight is 327 g/mol. The summed E-state index contributed by atoms with van der Waals surface area (Å²) in [6.07, 6.45) is 2.44. The molecule has 9 N–H and O–H groups in total. The predicted octanol–water partition coefficient (Wildman–Crippen LogP) is -0.126. The molecule has 130 valence electrons. The second-order valence-electron chi connectivity index (χ2n) is 5.04. The number of carbonyl (C=O) groups is 2. The molecule has 0 aliphatic carbocycles. The highest BCUT2D eigenvalue weighted by molar-refractivity contribution is 5.73. The van der Waals surface area contributed by atoms with Crippen LogP contribution in [0.5, 0.6) is 5.75 Å². The number of carboxylic acids is 2. The van der Waals surface area contributed by atoms with Crippen molar-refractivity contribution in [1.29, 1.82) is 0 Å². The lowest BCUT2D eigenvalue weighted by molar-refractivity contribution is -0.139. The van der Waals surface area contributed by atoms with Gasteiger partial charge in [-0.1, -0.05) is 18.6 Å². The number of unbranched alkanes of at least 4 members (excludes halogenated alkanes) is 1. The van der Waals surface area contributed by atoms with E-state index in [9.17, 15) is 9.59 Å². The van der Waals surface area contributed by atoms with Crippen LogP contribution in [0.4, 0.5) is 0 Å². The first-order chi connectivity index (χ1) is 10.8. The quantitative estimate of drug-likeness (QED) is 0.358. The lowest BCUT2D eigenvalue weighted by Gasteiger charge is -2.05. The van der Waals surface area contributed by atoms with E-state index in [-0.39, 0.29) is 12.2 Å². The Labute approximate surface area is 134 Å². The van der Waals surface area contributed by atoms with Crippen LogP contribution < -0.4 is 17.2 Å². The number of aliphatic carboxylic acids is 2. The molecule has 0 bridgehead atoms. The summed E-state index contributed by atoms with van der Waals surface area (Å²) in [6, 6.07) is 4.71. The molecule has 0 saturated heterocycles. The van der Waals surface area contributed by atoms with Crippen molar-refractivity contribution >= 4 is 11.9 Å². The summed E-state index contributed by atoms with van der Waals surface area (Å²) >= 11 is 0. The summed E-state index contributed by atoms with van der Waals surface area (Å²) in [5, 5.41) is 25.8. The van der Waals surface area contributed by atoms with Crippen molar-refractivity contribution in [1.82, 2.24) is 0 Å². The van der Waals surface area contributed by atoms with Crippen molar-refractivity contribution in [2.24, 2.45) is 17.2 Å². The number of carboxylic acid groups (broad SMARTS) is 2. The molecule has 0 aliphatic rings. The fraction of sp³-hybridized carbons (Fsp3) is 0.467. The van der Waals surface area contributed by atoms with E-state index in [2.05, 4.69) is 0 Å². The fourth-order valence-corrected chi connectivity index (χ4v) is 1.61. The van der Waals surface area contributed by atoms with Crippen molar-refractivity contribution < 1.29 is 24.9 Å². The third kappa shape index (κ3) is 10.2. The molecule has 23 heavy (non-hydrogen) atoms. The van der Waals surface area contributed by atoms with Gasteiger partial charge in [-0.15, -0.1) is 0 Å². The molecule has 2 atom stereocenters. The van der Waals surface area contributed by atoms with E-state index in [0.29, 0.717) is 13.0 Å².